The minimum Gasteiger partial charge on any atom is -0.341 e. The van der Waals surface area contributed by atoms with Gasteiger partial charge in [0.1, 0.15) is 5.78 Å². The van der Waals surface area contributed by atoms with Gasteiger partial charge in [0, 0.05) is 45.1 Å². The highest BCUT2D eigenvalue weighted by Crippen LogP contribution is 2.13. The number of hydrogen-bond donors (Lipinski definition) is 0. The summed E-state index contributed by atoms with van der Waals surface area (Å²) in [5.74, 6) is 0.484. The molecule has 20 heavy (non-hydrogen) atoms. The third-order valence-corrected chi connectivity index (χ3v) is 4.51. The van der Waals surface area contributed by atoms with E-state index in [9.17, 15) is 9.59 Å². The number of amides is 1. The molecule has 2 aliphatic rings. The zero-order valence-corrected chi connectivity index (χ0v) is 12.8. The van der Waals surface area contributed by atoms with Gasteiger partial charge in [0.25, 0.3) is 0 Å². The van der Waals surface area contributed by atoms with Gasteiger partial charge in [-0.2, -0.15) is 0 Å². The number of Topliss-reactive ketones (excluding diaryl/α,β-unsaturated/α-hetero) is 1. The Labute approximate surface area is 121 Å². The lowest BCUT2D eigenvalue weighted by molar-refractivity contribution is -0.136. The molecule has 2 rings (SSSR count). The highest BCUT2D eigenvalue weighted by molar-refractivity contribution is 5.84. The van der Waals surface area contributed by atoms with E-state index in [1.54, 1.807) is 0 Å². The predicted molar refractivity (Wildman–Crippen MR) is 78.6 cm³/mol. The van der Waals surface area contributed by atoms with E-state index in [0.717, 1.165) is 32.5 Å². The molecule has 0 spiro atoms. The molecule has 2 aliphatic heterocycles. The van der Waals surface area contributed by atoms with Gasteiger partial charge >= 0.3 is 0 Å². The first-order valence-corrected chi connectivity index (χ1v) is 7.82. The average molecular weight is 281 g/mol. The maximum absolute atomic E-state index is 12.4. The van der Waals surface area contributed by atoms with Crippen LogP contribution >= 0.6 is 0 Å². The predicted octanol–water partition coefficient (Wildman–Crippen LogP) is 0.594. The molecule has 1 atom stereocenters. The molecule has 2 saturated heterocycles. The van der Waals surface area contributed by atoms with Crippen molar-refractivity contribution in [3.8, 4) is 0 Å². The maximum Gasteiger partial charge on any atom is 0.236 e. The molecule has 0 aromatic rings. The van der Waals surface area contributed by atoms with Crippen molar-refractivity contribution in [1.82, 2.24) is 14.7 Å². The number of ketones is 1. The molecular weight excluding hydrogens is 254 g/mol. The number of likely N-dealkylation sites (N-methyl/N-ethyl adjacent to an activating group) is 1. The van der Waals surface area contributed by atoms with Crippen LogP contribution in [0.2, 0.25) is 0 Å². The van der Waals surface area contributed by atoms with Gasteiger partial charge in [0.05, 0.1) is 6.54 Å². The number of nitrogens with zero attached hydrogens (tertiary/aromatic N) is 3. The van der Waals surface area contributed by atoms with Crippen LogP contribution in [0.25, 0.3) is 0 Å². The van der Waals surface area contributed by atoms with Crippen molar-refractivity contribution in [3.63, 3.8) is 0 Å². The minimum atomic E-state index is 0.195. The molecule has 5 nitrogen and oxygen atoms in total. The summed E-state index contributed by atoms with van der Waals surface area (Å²) in [6, 6.07) is 0.470. The zero-order valence-electron chi connectivity index (χ0n) is 12.8. The van der Waals surface area contributed by atoms with E-state index in [2.05, 4.69) is 23.8 Å². The van der Waals surface area contributed by atoms with E-state index >= 15 is 0 Å². The second-order valence-corrected chi connectivity index (χ2v) is 6.07. The summed E-state index contributed by atoms with van der Waals surface area (Å²) >= 11 is 0. The number of rotatable bonds is 3. The highest BCUT2D eigenvalue weighted by Gasteiger charge is 2.27. The Kier molecular flexibility index (Phi) is 5.54. The van der Waals surface area contributed by atoms with Gasteiger partial charge in [-0.3, -0.25) is 14.5 Å². The lowest BCUT2D eigenvalue weighted by Crippen LogP contribution is -2.48. The Morgan fingerprint density at radius 3 is 2.55 bits per heavy atom. The molecule has 0 aliphatic carbocycles. The molecule has 0 bridgehead atoms. The smallest absolute Gasteiger partial charge is 0.236 e. The first-order chi connectivity index (χ1) is 9.60. The van der Waals surface area contributed by atoms with Crippen LogP contribution in [0.3, 0.4) is 0 Å². The van der Waals surface area contributed by atoms with Crippen molar-refractivity contribution >= 4 is 11.7 Å². The van der Waals surface area contributed by atoms with Crippen molar-refractivity contribution in [2.24, 2.45) is 0 Å². The van der Waals surface area contributed by atoms with Gasteiger partial charge in [-0.05, 0) is 26.4 Å². The van der Waals surface area contributed by atoms with Crippen LogP contribution in [0.4, 0.5) is 0 Å². The minimum absolute atomic E-state index is 0.195. The van der Waals surface area contributed by atoms with Gasteiger partial charge in [-0.15, -0.1) is 0 Å². The Morgan fingerprint density at radius 2 is 1.90 bits per heavy atom. The van der Waals surface area contributed by atoms with Crippen molar-refractivity contribution < 1.29 is 9.59 Å². The molecule has 5 heteroatoms. The number of carbonyl (C=O) groups is 2. The van der Waals surface area contributed by atoms with E-state index in [4.69, 9.17) is 0 Å². The molecule has 0 saturated carbocycles. The molecule has 0 radical (unpaired) electrons. The Hall–Kier alpha value is -0.940. The van der Waals surface area contributed by atoms with Gasteiger partial charge in [-0.25, -0.2) is 0 Å². The summed E-state index contributed by atoms with van der Waals surface area (Å²) in [5.41, 5.74) is 0. The lowest BCUT2D eigenvalue weighted by Gasteiger charge is -2.33. The summed E-state index contributed by atoms with van der Waals surface area (Å²) in [5, 5.41) is 0. The van der Waals surface area contributed by atoms with Crippen molar-refractivity contribution in [3.05, 3.63) is 0 Å². The molecule has 2 heterocycles. The molecule has 1 amide bonds. The summed E-state index contributed by atoms with van der Waals surface area (Å²) in [7, 11) is 2.16. The van der Waals surface area contributed by atoms with Crippen molar-refractivity contribution in [2.75, 3.05) is 46.3 Å². The van der Waals surface area contributed by atoms with Gasteiger partial charge < -0.3 is 9.80 Å². The lowest BCUT2D eigenvalue weighted by atomic mass is 10.1. The van der Waals surface area contributed by atoms with Crippen LogP contribution in [-0.2, 0) is 9.59 Å². The molecule has 114 valence electrons. The fourth-order valence-electron chi connectivity index (χ4n) is 3.17. The molecule has 0 N–H and O–H groups in total. The second-order valence-electron chi connectivity index (χ2n) is 6.07. The van der Waals surface area contributed by atoms with E-state index < -0.39 is 0 Å². The van der Waals surface area contributed by atoms with Crippen molar-refractivity contribution in [2.45, 2.75) is 38.6 Å². The van der Waals surface area contributed by atoms with Crippen LogP contribution in [0.1, 0.15) is 32.6 Å². The Bertz CT molecular complexity index is 349. The fourth-order valence-corrected chi connectivity index (χ4v) is 3.17. The van der Waals surface area contributed by atoms with E-state index in [1.165, 1.54) is 0 Å². The monoisotopic (exact) mass is 281 g/mol. The standard InChI is InChI=1S/C15H27N3O2/c1-3-13-11-16(2)7-4-8-18(13)12-15(20)17-9-5-14(19)6-10-17/h13H,3-12H2,1-2H3. The second kappa shape index (κ2) is 7.18. The third-order valence-electron chi connectivity index (χ3n) is 4.51. The quantitative estimate of drug-likeness (QED) is 0.759. The normalized spacial score (nSPS) is 26.6. The van der Waals surface area contributed by atoms with Gasteiger partial charge in [0.15, 0.2) is 0 Å². The molecule has 0 aromatic heterocycles. The van der Waals surface area contributed by atoms with Crippen LogP contribution in [0.15, 0.2) is 0 Å². The highest BCUT2D eigenvalue weighted by atomic mass is 16.2. The van der Waals surface area contributed by atoms with Crippen LogP contribution in [0.5, 0.6) is 0 Å². The first-order valence-electron chi connectivity index (χ1n) is 7.82. The average Bonchev–Trinajstić information content (AvgIpc) is 2.61. The van der Waals surface area contributed by atoms with Crippen molar-refractivity contribution in [1.29, 1.82) is 0 Å². The van der Waals surface area contributed by atoms with Crippen LogP contribution in [0, 0.1) is 0 Å². The maximum atomic E-state index is 12.4. The Balaban J connectivity index is 1.89. The van der Waals surface area contributed by atoms with E-state index in [-0.39, 0.29) is 11.7 Å². The summed E-state index contributed by atoms with van der Waals surface area (Å²) in [6.45, 7) is 7.09. The van der Waals surface area contributed by atoms with Gasteiger partial charge in [-0.1, -0.05) is 6.92 Å². The summed E-state index contributed by atoms with van der Waals surface area (Å²) < 4.78 is 0. The Morgan fingerprint density at radius 1 is 1.20 bits per heavy atom. The number of piperidine rings is 1. The molecular formula is C15H27N3O2. The zero-order chi connectivity index (χ0) is 14.5. The summed E-state index contributed by atoms with van der Waals surface area (Å²) in [6.07, 6.45) is 3.27. The SMILES string of the molecule is CCC1CN(C)CCCN1CC(=O)N1CCC(=O)CC1. The summed E-state index contributed by atoms with van der Waals surface area (Å²) in [4.78, 5) is 30.2. The first kappa shape index (κ1) is 15.4. The third kappa shape index (κ3) is 4.03. The van der Waals surface area contributed by atoms with Crippen LogP contribution in [-0.4, -0.2) is 78.7 Å². The van der Waals surface area contributed by atoms with Gasteiger partial charge in [0.2, 0.25) is 5.91 Å². The topological polar surface area (TPSA) is 43.9 Å². The molecule has 0 aromatic carbocycles. The molecule has 1 unspecified atom stereocenters. The fraction of sp³-hybridized carbons (Fsp3) is 0.867. The molecule has 2 fully saturated rings. The largest absolute Gasteiger partial charge is 0.341 e. The van der Waals surface area contributed by atoms with E-state index in [0.29, 0.717) is 38.5 Å². The number of hydrogen-bond acceptors (Lipinski definition) is 4. The number of likely N-dealkylation sites (tertiary alicyclic amines) is 1. The van der Waals surface area contributed by atoms with Crippen LogP contribution < -0.4 is 0 Å². The number of carbonyl (C=O) groups excluding carboxylic acids is 2. The van der Waals surface area contributed by atoms with E-state index in [1.807, 2.05) is 4.90 Å².